The molecule has 1 heterocycles. The average molecular weight is 394 g/mol. The fourth-order valence-corrected chi connectivity index (χ4v) is 3.49. The van der Waals surface area contributed by atoms with Gasteiger partial charge in [0, 0.05) is 26.6 Å². The van der Waals surface area contributed by atoms with Crippen LogP contribution >= 0.6 is 11.3 Å². The SMILES string of the molecule is CC(=NNC(=O)c1csc2ccccc12)c1cccc(NC(=O)C(C)(C)C)c1. The normalized spacial score (nSPS) is 12.1. The van der Waals surface area contributed by atoms with Gasteiger partial charge in [-0.05, 0) is 30.7 Å². The number of nitrogens with one attached hydrogen (secondary N) is 2. The molecule has 2 N–H and O–H groups in total. The zero-order chi connectivity index (χ0) is 20.3. The highest BCUT2D eigenvalue weighted by Gasteiger charge is 2.21. The molecule has 0 radical (unpaired) electrons. The van der Waals surface area contributed by atoms with E-state index in [1.165, 1.54) is 11.3 Å². The summed E-state index contributed by atoms with van der Waals surface area (Å²) in [4.78, 5) is 24.7. The van der Waals surface area contributed by atoms with Crippen LogP contribution in [0.1, 0.15) is 43.6 Å². The first-order valence-electron chi connectivity index (χ1n) is 8.98. The molecule has 1 aromatic heterocycles. The molecule has 0 aliphatic heterocycles. The van der Waals surface area contributed by atoms with Gasteiger partial charge in [0.25, 0.3) is 5.91 Å². The highest BCUT2D eigenvalue weighted by Crippen LogP contribution is 2.25. The zero-order valence-electron chi connectivity index (χ0n) is 16.4. The monoisotopic (exact) mass is 393 g/mol. The smallest absolute Gasteiger partial charge is 0.272 e. The minimum atomic E-state index is -0.476. The van der Waals surface area contributed by atoms with E-state index in [0.29, 0.717) is 17.0 Å². The molecule has 0 unspecified atom stereocenters. The fraction of sp³-hybridized carbons (Fsp3) is 0.227. The number of hydrogen-bond donors (Lipinski definition) is 2. The number of hydrogen-bond acceptors (Lipinski definition) is 4. The summed E-state index contributed by atoms with van der Waals surface area (Å²) in [6.45, 7) is 7.41. The van der Waals surface area contributed by atoms with Crippen LogP contribution in [0.5, 0.6) is 0 Å². The quantitative estimate of drug-likeness (QED) is 0.481. The molecule has 0 saturated heterocycles. The third-order valence-corrected chi connectivity index (χ3v) is 5.23. The maximum absolute atomic E-state index is 12.5. The third kappa shape index (κ3) is 4.46. The van der Waals surface area contributed by atoms with Gasteiger partial charge in [0.15, 0.2) is 0 Å². The van der Waals surface area contributed by atoms with Crippen LogP contribution in [-0.4, -0.2) is 17.5 Å². The third-order valence-electron chi connectivity index (χ3n) is 4.27. The van der Waals surface area contributed by atoms with Crippen molar-refractivity contribution in [3.05, 3.63) is 65.0 Å². The second kappa shape index (κ2) is 7.94. The summed E-state index contributed by atoms with van der Waals surface area (Å²) in [6.07, 6.45) is 0. The molecule has 2 amide bonds. The van der Waals surface area contributed by atoms with E-state index in [1.54, 1.807) is 0 Å². The van der Waals surface area contributed by atoms with Crippen molar-refractivity contribution in [1.82, 2.24) is 5.43 Å². The molecule has 3 aromatic rings. The summed E-state index contributed by atoms with van der Waals surface area (Å²) in [6, 6.07) is 15.2. The topological polar surface area (TPSA) is 70.6 Å². The number of amides is 2. The summed E-state index contributed by atoms with van der Waals surface area (Å²) < 4.78 is 1.07. The molecule has 0 aliphatic rings. The van der Waals surface area contributed by atoms with Crippen molar-refractivity contribution >= 4 is 44.6 Å². The molecule has 0 bridgehead atoms. The lowest BCUT2D eigenvalue weighted by molar-refractivity contribution is -0.123. The zero-order valence-corrected chi connectivity index (χ0v) is 17.2. The van der Waals surface area contributed by atoms with Crippen LogP contribution in [0.2, 0.25) is 0 Å². The van der Waals surface area contributed by atoms with Crippen LogP contribution in [0.25, 0.3) is 10.1 Å². The van der Waals surface area contributed by atoms with Crippen molar-refractivity contribution in [3.8, 4) is 0 Å². The van der Waals surface area contributed by atoms with E-state index < -0.39 is 5.41 Å². The summed E-state index contributed by atoms with van der Waals surface area (Å²) in [5.74, 6) is -0.300. The number of nitrogens with zero attached hydrogens (tertiary/aromatic N) is 1. The van der Waals surface area contributed by atoms with Crippen molar-refractivity contribution in [1.29, 1.82) is 0 Å². The van der Waals surface area contributed by atoms with Crippen molar-refractivity contribution in [2.24, 2.45) is 10.5 Å². The Hall–Kier alpha value is -2.99. The first-order chi connectivity index (χ1) is 13.3. The number of anilines is 1. The number of carbonyl (C=O) groups excluding carboxylic acids is 2. The minimum absolute atomic E-state index is 0.0584. The first-order valence-corrected chi connectivity index (χ1v) is 9.86. The van der Waals surface area contributed by atoms with Gasteiger partial charge < -0.3 is 5.32 Å². The molecule has 5 nitrogen and oxygen atoms in total. The lowest BCUT2D eigenvalue weighted by atomic mass is 9.95. The summed E-state index contributed by atoms with van der Waals surface area (Å²) in [5, 5.41) is 9.90. The lowest BCUT2D eigenvalue weighted by Crippen LogP contribution is -2.27. The largest absolute Gasteiger partial charge is 0.326 e. The molecule has 0 aliphatic carbocycles. The predicted octanol–water partition coefficient (Wildman–Crippen LogP) is 5.04. The highest BCUT2D eigenvalue weighted by atomic mass is 32.1. The first kappa shape index (κ1) is 19.8. The Kier molecular flexibility index (Phi) is 5.61. The van der Waals surface area contributed by atoms with E-state index in [9.17, 15) is 9.59 Å². The Morgan fingerprint density at radius 3 is 2.54 bits per heavy atom. The number of carbonyl (C=O) groups is 2. The molecule has 0 atom stereocenters. The molecule has 2 aromatic carbocycles. The van der Waals surface area contributed by atoms with Gasteiger partial charge in [-0.1, -0.05) is 51.1 Å². The van der Waals surface area contributed by atoms with Gasteiger partial charge in [-0.3, -0.25) is 9.59 Å². The number of thiophene rings is 1. The van der Waals surface area contributed by atoms with Crippen molar-refractivity contribution in [2.75, 3.05) is 5.32 Å². The standard InChI is InChI=1S/C22H23N3O2S/c1-14(15-8-7-9-16(12-15)23-21(27)22(2,3)4)24-25-20(26)18-13-28-19-11-6-5-10-17(18)19/h5-13H,1-4H3,(H,23,27)(H,25,26). The predicted molar refractivity (Wildman–Crippen MR) is 116 cm³/mol. The number of rotatable bonds is 4. The van der Waals surface area contributed by atoms with Gasteiger partial charge in [0.2, 0.25) is 5.91 Å². The molecular formula is C22H23N3O2S. The van der Waals surface area contributed by atoms with Gasteiger partial charge >= 0.3 is 0 Å². The molecule has 144 valence electrons. The van der Waals surface area contributed by atoms with Crippen molar-refractivity contribution in [3.63, 3.8) is 0 Å². The van der Waals surface area contributed by atoms with E-state index in [4.69, 9.17) is 0 Å². The van der Waals surface area contributed by atoms with Gasteiger partial charge in [0.1, 0.15) is 0 Å². The Morgan fingerprint density at radius 2 is 1.79 bits per heavy atom. The number of fused-ring (bicyclic) bond motifs is 1. The number of benzene rings is 2. The highest BCUT2D eigenvalue weighted by molar-refractivity contribution is 7.17. The minimum Gasteiger partial charge on any atom is -0.326 e. The average Bonchev–Trinajstić information content (AvgIpc) is 3.09. The summed E-state index contributed by atoms with van der Waals surface area (Å²) in [5.41, 5.74) is 4.94. The van der Waals surface area contributed by atoms with E-state index in [1.807, 2.05) is 81.6 Å². The van der Waals surface area contributed by atoms with Crippen LogP contribution < -0.4 is 10.7 Å². The van der Waals surface area contributed by atoms with E-state index >= 15 is 0 Å². The van der Waals surface area contributed by atoms with Crippen LogP contribution in [0.3, 0.4) is 0 Å². The molecule has 0 spiro atoms. The van der Waals surface area contributed by atoms with Gasteiger partial charge in [0.05, 0.1) is 11.3 Å². The van der Waals surface area contributed by atoms with E-state index in [-0.39, 0.29) is 11.8 Å². The van der Waals surface area contributed by atoms with Gasteiger partial charge in [-0.15, -0.1) is 11.3 Å². The lowest BCUT2D eigenvalue weighted by Gasteiger charge is -2.18. The van der Waals surface area contributed by atoms with Crippen molar-refractivity contribution in [2.45, 2.75) is 27.7 Å². The van der Waals surface area contributed by atoms with Crippen LogP contribution in [0, 0.1) is 5.41 Å². The molecule has 6 heteroatoms. The summed E-state index contributed by atoms with van der Waals surface area (Å²) in [7, 11) is 0. The second-order valence-corrected chi connectivity index (χ2v) is 8.48. The van der Waals surface area contributed by atoms with Crippen molar-refractivity contribution < 1.29 is 9.59 Å². The molecule has 3 rings (SSSR count). The molecule has 0 fully saturated rings. The maximum atomic E-state index is 12.5. The second-order valence-electron chi connectivity index (χ2n) is 7.57. The Balaban J connectivity index is 1.74. The Labute approximate surface area is 168 Å². The molecule has 0 saturated carbocycles. The van der Waals surface area contributed by atoms with E-state index in [0.717, 1.165) is 15.6 Å². The van der Waals surface area contributed by atoms with E-state index in [2.05, 4.69) is 15.8 Å². The van der Waals surface area contributed by atoms with Gasteiger partial charge in [-0.25, -0.2) is 5.43 Å². The fourth-order valence-electron chi connectivity index (χ4n) is 2.55. The van der Waals surface area contributed by atoms with Gasteiger partial charge in [-0.2, -0.15) is 5.10 Å². The molecule has 28 heavy (non-hydrogen) atoms. The van der Waals surface area contributed by atoms with Crippen LogP contribution in [-0.2, 0) is 4.79 Å². The molecular weight excluding hydrogens is 370 g/mol. The Morgan fingerprint density at radius 1 is 1.04 bits per heavy atom. The van der Waals surface area contributed by atoms with Crippen LogP contribution in [0.4, 0.5) is 5.69 Å². The summed E-state index contributed by atoms with van der Waals surface area (Å²) >= 11 is 1.53. The number of hydrazone groups is 1. The maximum Gasteiger partial charge on any atom is 0.272 e. The van der Waals surface area contributed by atoms with Crippen LogP contribution in [0.15, 0.2) is 59.0 Å². The Bertz CT molecular complexity index is 1060.